The van der Waals surface area contributed by atoms with Crippen LogP contribution < -0.4 is 9.47 Å². The van der Waals surface area contributed by atoms with Crippen LogP contribution in [-0.2, 0) is 6.42 Å². The van der Waals surface area contributed by atoms with Gasteiger partial charge in [-0.1, -0.05) is 85.3 Å². The lowest BCUT2D eigenvalue weighted by molar-refractivity contribution is 0.0514. The first-order valence-electron chi connectivity index (χ1n) is 13.3. The van der Waals surface area contributed by atoms with Crippen LogP contribution in [0.25, 0.3) is 0 Å². The number of fused-ring (bicyclic) bond motifs is 1. The molecule has 1 aliphatic heterocycles. The maximum atomic E-state index is 6.58. The average molecular weight is 443 g/mol. The van der Waals surface area contributed by atoms with E-state index in [1.807, 2.05) is 0 Å². The number of aryl methyl sites for hydroxylation is 2. The monoisotopic (exact) mass is 442 g/mol. The molecule has 1 aromatic carbocycles. The lowest BCUT2D eigenvalue weighted by atomic mass is 9.85. The molecule has 0 radical (unpaired) electrons. The van der Waals surface area contributed by atoms with Crippen molar-refractivity contribution in [3.63, 3.8) is 0 Å². The molecule has 0 N–H and O–H groups in total. The zero-order chi connectivity index (χ0) is 23.6. The summed E-state index contributed by atoms with van der Waals surface area (Å²) in [4.78, 5) is 0. The first-order chi connectivity index (χ1) is 15.2. The minimum Gasteiger partial charge on any atom is -0.490 e. The van der Waals surface area contributed by atoms with Crippen LogP contribution in [-0.4, -0.2) is 12.2 Å². The fraction of sp³-hybridized carbons (Fsp3) is 0.733. The highest BCUT2D eigenvalue weighted by molar-refractivity contribution is 5.48. The van der Waals surface area contributed by atoms with Crippen molar-refractivity contribution in [1.29, 1.82) is 0 Å². The molecule has 0 amide bonds. The summed E-state index contributed by atoms with van der Waals surface area (Å²) in [6.07, 6.45) is 16.0. The van der Waals surface area contributed by atoms with Gasteiger partial charge in [0.15, 0.2) is 0 Å². The predicted molar refractivity (Wildman–Crippen MR) is 139 cm³/mol. The summed E-state index contributed by atoms with van der Waals surface area (Å²) in [6.45, 7) is 18.3. The van der Waals surface area contributed by atoms with Gasteiger partial charge in [-0.25, -0.2) is 0 Å². The Morgan fingerprint density at radius 1 is 1.00 bits per heavy atom. The molecule has 0 fully saturated rings. The fourth-order valence-corrected chi connectivity index (χ4v) is 5.06. The highest BCUT2D eigenvalue weighted by atomic mass is 16.5. The molecule has 2 nitrogen and oxygen atoms in total. The van der Waals surface area contributed by atoms with Crippen LogP contribution in [0.2, 0.25) is 0 Å². The van der Waals surface area contributed by atoms with Gasteiger partial charge in [0, 0.05) is 0 Å². The van der Waals surface area contributed by atoms with Gasteiger partial charge in [-0.2, -0.15) is 0 Å². The van der Waals surface area contributed by atoms with E-state index in [0.717, 1.165) is 48.5 Å². The lowest BCUT2D eigenvalue weighted by Crippen LogP contribution is -2.36. The summed E-state index contributed by atoms with van der Waals surface area (Å²) in [6, 6.07) is 4.25. The molecule has 0 spiro atoms. The maximum absolute atomic E-state index is 6.58. The third kappa shape index (κ3) is 9.20. The van der Waals surface area contributed by atoms with Crippen LogP contribution in [0, 0.1) is 24.7 Å². The quantitative estimate of drug-likeness (QED) is 0.252. The Labute approximate surface area is 199 Å². The molecule has 182 valence electrons. The second kappa shape index (κ2) is 13.3. The Bertz CT molecular complexity index is 692. The van der Waals surface area contributed by atoms with Crippen LogP contribution in [0.3, 0.4) is 0 Å². The SMILES string of the molecule is C=CCOc1cc(C)c2c(c1)CC[C@@](C)(CCCC(C)CCCC(C)CCCC(C)C)O2. The van der Waals surface area contributed by atoms with E-state index in [1.54, 1.807) is 6.08 Å². The van der Waals surface area contributed by atoms with Crippen LogP contribution >= 0.6 is 0 Å². The second-order valence-electron chi connectivity index (χ2n) is 11.2. The minimum absolute atomic E-state index is 0.0358. The van der Waals surface area contributed by atoms with E-state index in [1.165, 1.54) is 62.5 Å². The number of hydrogen-bond acceptors (Lipinski definition) is 2. The fourth-order valence-electron chi connectivity index (χ4n) is 5.06. The molecule has 1 aliphatic rings. The standard InChI is InChI=1S/C30H50O2/c1-8-20-31-28-21-26(6)29-27(22-28)17-19-30(7,32-29)18-11-16-25(5)15-10-14-24(4)13-9-12-23(2)3/h8,21-25H,1,9-20H2,2-7H3/t24?,25?,30-/m1/s1. The first-order valence-corrected chi connectivity index (χ1v) is 13.3. The lowest BCUT2D eigenvalue weighted by Gasteiger charge is -2.37. The van der Waals surface area contributed by atoms with Gasteiger partial charge in [0.05, 0.1) is 0 Å². The molecule has 32 heavy (non-hydrogen) atoms. The molecule has 0 saturated carbocycles. The molecule has 2 rings (SSSR count). The Morgan fingerprint density at radius 3 is 2.25 bits per heavy atom. The van der Waals surface area contributed by atoms with Crippen molar-refractivity contribution in [2.45, 2.75) is 118 Å². The summed E-state index contributed by atoms with van der Waals surface area (Å²) in [7, 11) is 0. The van der Waals surface area contributed by atoms with E-state index in [2.05, 4.69) is 60.3 Å². The number of hydrogen-bond donors (Lipinski definition) is 0. The van der Waals surface area contributed by atoms with Crippen molar-refractivity contribution in [3.8, 4) is 11.5 Å². The van der Waals surface area contributed by atoms with Gasteiger partial charge in [-0.05, 0) is 80.5 Å². The highest BCUT2D eigenvalue weighted by Crippen LogP contribution is 2.40. The van der Waals surface area contributed by atoms with Crippen LogP contribution in [0.5, 0.6) is 11.5 Å². The average Bonchev–Trinajstić information content (AvgIpc) is 2.72. The van der Waals surface area contributed by atoms with Crippen molar-refractivity contribution < 1.29 is 9.47 Å². The summed E-state index contributed by atoms with van der Waals surface area (Å²) in [5.74, 6) is 4.58. The second-order valence-corrected chi connectivity index (χ2v) is 11.2. The van der Waals surface area contributed by atoms with Gasteiger partial charge in [0.25, 0.3) is 0 Å². The van der Waals surface area contributed by atoms with E-state index in [0.29, 0.717) is 6.61 Å². The molecule has 1 heterocycles. The third-order valence-electron chi connectivity index (χ3n) is 7.24. The number of ether oxygens (including phenoxy) is 2. The molecule has 0 bridgehead atoms. The van der Waals surface area contributed by atoms with E-state index in [4.69, 9.17) is 9.47 Å². The molecule has 3 atom stereocenters. The summed E-state index contributed by atoms with van der Waals surface area (Å²) in [5.41, 5.74) is 2.44. The largest absolute Gasteiger partial charge is 0.490 e. The molecule has 2 heteroatoms. The maximum Gasteiger partial charge on any atom is 0.126 e. The normalized spacial score (nSPS) is 19.8. The Kier molecular flexibility index (Phi) is 11.2. The smallest absolute Gasteiger partial charge is 0.126 e. The van der Waals surface area contributed by atoms with Gasteiger partial charge in [-0.3, -0.25) is 0 Å². The van der Waals surface area contributed by atoms with Crippen molar-refractivity contribution in [3.05, 3.63) is 35.9 Å². The number of rotatable bonds is 15. The topological polar surface area (TPSA) is 18.5 Å². The third-order valence-corrected chi connectivity index (χ3v) is 7.24. The van der Waals surface area contributed by atoms with Gasteiger partial charge in [0.1, 0.15) is 23.7 Å². The highest BCUT2D eigenvalue weighted by Gasteiger charge is 2.32. The van der Waals surface area contributed by atoms with Gasteiger partial charge in [-0.15, -0.1) is 0 Å². The van der Waals surface area contributed by atoms with Gasteiger partial charge in [0.2, 0.25) is 0 Å². The summed E-state index contributed by atoms with van der Waals surface area (Å²) in [5, 5.41) is 0. The van der Waals surface area contributed by atoms with Crippen molar-refractivity contribution in [2.75, 3.05) is 6.61 Å². The Morgan fingerprint density at radius 2 is 1.62 bits per heavy atom. The minimum atomic E-state index is -0.0358. The number of benzene rings is 1. The summed E-state index contributed by atoms with van der Waals surface area (Å²) < 4.78 is 12.3. The zero-order valence-electron chi connectivity index (χ0n) is 22.0. The van der Waals surface area contributed by atoms with Crippen molar-refractivity contribution in [2.24, 2.45) is 17.8 Å². The Hall–Kier alpha value is -1.44. The van der Waals surface area contributed by atoms with Gasteiger partial charge < -0.3 is 9.47 Å². The molecule has 2 unspecified atom stereocenters. The molecule has 0 aromatic heterocycles. The molecular formula is C30H50O2. The predicted octanol–water partition coefficient (Wildman–Crippen LogP) is 9.08. The van der Waals surface area contributed by atoms with E-state index < -0.39 is 0 Å². The van der Waals surface area contributed by atoms with Crippen LogP contribution in [0.1, 0.15) is 110 Å². The summed E-state index contributed by atoms with van der Waals surface area (Å²) >= 11 is 0. The van der Waals surface area contributed by atoms with E-state index in [-0.39, 0.29) is 5.60 Å². The molecule has 1 aromatic rings. The van der Waals surface area contributed by atoms with E-state index >= 15 is 0 Å². The van der Waals surface area contributed by atoms with Gasteiger partial charge >= 0.3 is 0 Å². The molecule has 0 aliphatic carbocycles. The molecule has 0 saturated heterocycles. The van der Waals surface area contributed by atoms with E-state index in [9.17, 15) is 0 Å². The van der Waals surface area contributed by atoms with Crippen molar-refractivity contribution in [1.82, 2.24) is 0 Å². The first kappa shape index (κ1) is 26.8. The van der Waals surface area contributed by atoms with Crippen LogP contribution in [0.15, 0.2) is 24.8 Å². The van der Waals surface area contributed by atoms with Crippen molar-refractivity contribution >= 4 is 0 Å². The zero-order valence-corrected chi connectivity index (χ0v) is 22.0. The molecular weight excluding hydrogens is 392 g/mol. The van der Waals surface area contributed by atoms with Crippen LogP contribution in [0.4, 0.5) is 0 Å². The Balaban J connectivity index is 1.70.